The number of benzene rings is 1. The van der Waals surface area contributed by atoms with E-state index in [4.69, 9.17) is 24.5 Å². The second-order valence-electron chi connectivity index (χ2n) is 3.63. The van der Waals surface area contributed by atoms with Gasteiger partial charge in [-0.3, -0.25) is 0 Å². The van der Waals surface area contributed by atoms with Gasteiger partial charge in [-0.2, -0.15) is 5.26 Å². The fourth-order valence-electron chi connectivity index (χ4n) is 1.16. The second kappa shape index (κ2) is 10.6. The smallest absolute Gasteiger partial charge is 0.303 e. The number of hydrogen-bond donors (Lipinski definition) is 3. The largest absolute Gasteiger partial charge is 0.466 e. The Morgan fingerprint density at radius 1 is 1.19 bits per heavy atom. The van der Waals surface area contributed by atoms with E-state index in [0.29, 0.717) is 0 Å². The summed E-state index contributed by atoms with van der Waals surface area (Å²) < 4.78 is 8.88. The molecule has 0 spiro atoms. The molecule has 0 aliphatic carbocycles. The van der Waals surface area contributed by atoms with Gasteiger partial charge >= 0.3 is 7.82 Å². The molecular formula is C15H16NO4P. The van der Waals surface area contributed by atoms with Gasteiger partial charge in [-0.15, -0.1) is 0 Å². The molecule has 1 aromatic rings. The number of phosphoric acid groups is 1. The molecule has 0 aliphatic rings. The second-order valence-corrected chi connectivity index (χ2v) is 4.65. The predicted molar refractivity (Wildman–Crippen MR) is 82.8 cm³/mol. The highest BCUT2D eigenvalue weighted by Gasteiger charge is 2.00. The average molecular weight is 305 g/mol. The summed E-state index contributed by atoms with van der Waals surface area (Å²) in [7, 11) is -4.64. The van der Waals surface area contributed by atoms with Crippen LogP contribution in [-0.2, 0) is 4.57 Å². The molecule has 0 saturated carbocycles. The first-order valence-electron chi connectivity index (χ1n) is 5.77. The van der Waals surface area contributed by atoms with E-state index >= 15 is 0 Å². The van der Waals surface area contributed by atoms with Crippen molar-refractivity contribution in [1.29, 1.82) is 5.26 Å². The Balaban J connectivity index is 0.000000690. The lowest BCUT2D eigenvalue weighted by Crippen LogP contribution is -1.72. The number of allylic oxidation sites excluding steroid dienone is 6. The summed E-state index contributed by atoms with van der Waals surface area (Å²) in [6, 6.07) is 12.0. The Morgan fingerprint density at radius 2 is 1.76 bits per heavy atom. The highest BCUT2D eigenvalue weighted by molar-refractivity contribution is 7.45. The molecule has 0 bridgehead atoms. The van der Waals surface area contributed by atoms with Crippen molar-refractivity contribution in [3.05, 3.63) is 78.4 Å². The maximum Gasteiger partial charge on any atom is 0.466 e. The van der Waals surface area contributed by atoms with Crippen molar-refractivity contribution in [3.8, 4) is 6.07 Å². The molecule has 1 aromatic carbocycles. The summed E-state index contributed by atoms with van der Waals surface area (Å²) in [5, 5.41) is 8.61. The Morgan fingerprint density at radius 3 is 2.24 bits per heavy atom. The molecule has 0 unspecified atom stereocenters. The number of hydrogen-bond acceptors (Lipinski definition) is 2. The van der Waals surface area contributed by atoms with Gasteiger partial charge in [0, 0.05) is 6.08 Å². The van der Waals surface area contributed by atoms with Crippen LogP contribution in [0, 0.1) is 11.3 Å². The lowest BCUT2D eigenvalue weighted by atomic mass is 10.1. The van der Waals surface area contributed by atoms with E-state index in [9.17, 15) is 0 Å². The Labute approximate surface area is 123 Å². The summed E-state index contributed by atoms with van der Waals surface area (Å²) in [5.74, 6) is 0. The van der Waals surface area contributed by atoms with Crippen molar-refractivity contribution in [2.45, 2.75) is 0 Å². The first-order valence-corrected chi connectivity index (χ1v) is 7.33. The molecule has 1 rings (SSSR count). The van der Waals surface area contributed by atoms with Gasteiger partial charge in [-0.25, -0.2) is 4.57 Å². The molecule has 0 amide bonds. The van der Waals surface area contributed by atoms with E-state index in [1.54, 1.807) is 12.2 Å². The van der Waals surface area contributed by atoms with E-state index in [2.05, 4.69) is 6.58 Å². The molecule has 0 fully saturated rings. The van der Waals surface area contributed by atoms with Crippen molar-refractivity contribution in [2.75, 3.05) is 0 Å². The first-order chi connectivity index (χ1) is 9.86. The molecule has 0 radical (unpaired) electrons. The Kier molecular flexibility index (Phi) is 9.44. The minimum atomic E-state index is -4.64. The minimum absolute atomic E-state index is 0.853. The van der Waals surface area contributed by atoms with Crippen molar-refractivity contribution in [3.63, 3.8) is 0 Å². The van der Waals surface area contributed by atoms with Crippen LogP contribution in [0.15, 0.2) is 72.9 Å². The van der Waals surface area contributed by atoms with Crippen molar-refractivity contribution in [2.24, 2.45) is 0 Å². The van der Waals surface area contributed by atoms with Gasteiger partial charge in [0.25, 0.3) is 0 Å². The van der Waals surface area contributed by atoms with Crippen LogP contribution >= 0.6 is 7.82 Å². The van der Waals surface area contributed by atoms with E-state index in [0.717, 1.165) is 11.1 Å². The standard InChI is InChI=1S/C15H13N.H3O4P/c1-2-3-7-15(12-13-16)11-10-14-8-5-4-6-9-14;1-5(2,3)4/h2-12H,1H2;(H3,1,2,3,4). The molecule has 0 atom stereocenters. The third-order valence-electron chi connectivity index (χ3n) is 1.92. The molecule has 5 nitrogen and oxygen atoms in total. The van der Waals surface area contributed by atoms with Crippen LogP contribution in [0.1, 0.15) is 5.56 Å². The van der Waals surface area contributed by atoms with E-state index < -0.39 is 7.82 Å². The van der Waals surface area contributed by atoms with Crippen LogP contribution in [0.3, 0.4) is 0 Å². The van der Waals surface area contributed by atoms with Gasteiger partial charge in [-0.1, -0.05) is 67.3 Å². The number of rotatable bonds is 4. The zero-order valence-electron chi connectivity index (χ0n) is 11.2. The van der Waals surface area contributed by atoms with Crippen LogP contribution in [0.25, 0.3) is 6.08 Å². The average Bonchev–Trinajstić information content (AvgIpc) is 2.41. The van der Waals surface area contributed by atoms with Crippen molar-refractivity contribution >= 4 is 13.9 Å². The molecule has 0 saturated heterocycles. The molecule has 0 aromatic heterocycles. The monoisotopic (exact) mass is 305 g/mol. The quantitative estimate of drug-likeness (QED) is 0.451. The molecular weight excluding hydrogens is 289 g/mol. The normalized spacial score (nSPS) is 11.8. The highest BCUT2D eigenvalue weighted by atomic mass is 31.2. The van der Waals surface area contributed by atoms with Gasteiger partial charge in [0.15, 0.2) is 0 Å². The van der Waals surface area contributed by atoms with Crippen LogP contribution in [-0.4, -0.2) is 14.7 Å². The third-order valence-corrected chi connectivity index (χ3v) is 1.92. The maximum atomic E-state index is 8.88. The summed E-state index contributed by atoms with van der Waals surface area (Å²) in [6.45, 7) is 3.59. The van der Waals surface area contributed by atoms with Gasteiger partial charge in [0.05, 0.1) is 6.07 Å². The van der Waals surface area contributed by atoms with Crippen LogP contribution < -0.4 is 0 Å². The molecule has 21 heavy (non-hydrogen) atoms. The van der Waals surface area contributed by atoms with Gasteiger partial charge in [0.1, 0.15) is 0 Å². The summed E-state index contributed by atoms with van der Waals surface area (Å²) >= 11 is 0. The van der Waals surface area contributed by atoms with E-state index in [1.165, 1.54) is 6.08 Å². The maximum absolute atomic E-state index is 8.88. The van der Waals surface area contributed by atoms with Gasteiger partial charge < -0.3 is 14.7 Å². The topological polar surface area (TPSA) is 102 Å². The molecule has 0 heterocycles. The Hall–Kier alpha value is -2.22. The summed E-state index contributed by atoms with van der Waals surface area (Å²) in [6.07, 6.45) is 10.7. The number of nitrogens with zero attached hydrogens (tertiary/aromatic N) is 1. The molecule has 3 N–H and O–H groups in total. The SMILES string of the molecule is C=CC=CC(C=Cc1ccccc1)=CC#N.O=P(O)(O)O. The third kappa shape index (κ3) is 14.0. The lowest BCUT2D eigenvalue weighted by Gasteiger charge is -1.92. The number of nitriles is 1. The summed E-state index contributed by atoms with van der Waals surface area (Å²) in [5.41, 5.74) is 1.96. The van der Waals surface area contributed by atoms with Gasteiger partial charge in [0.2, 0.25) is 0 Å². The summed E-state index contributed by atoms with van der Waals surface area (Å²) in [4.78, 5) is 21.6. The van der Waals surface area contributed by atoms with Crippen molar-refractivity contribution < 1.29 is 19.2 Å². The fourth-order valence-corrected chi connectivity index (χ4v) is 1.16. The predicted octanol–water partition coefficient (Wildman–Crippen LogP) is 2.96. The molecule has 6 heteroatoms. The fraction of sp³-hybridized carbons (Fsp3) is 0. The first kappa shape index (κ1) is 18.8. The lowest BCUT2D eigenvalue weighted by molar-refractivity contribution is 0.275. The van der Waals surface area contributed by atoms with E-state index in [-0.39, 0.29) is 0 Å². The zero-order valence-corrected chi connectivity index (χ0v) is 12.1. The zero-order chi connectivity index (χ0) is 16.1. The highest BCUT2D eigenvalue weighted by Crippen LogP contribution is 2.25. The van der Waals surface area contributed by atoms with Crippen molar-refractivity contribution in [1.82, 2.24) is 0 Å². The molecule has 110 valence electrons. The van der Waals surface area contributed by atoms with Crippen LogP contribution in [0.4, 0.5) is 0 Å². The Bertz CT molecular complexity index is 598. The van der Waals surface area contributed by atoms with Crippen LogP contribution in [0.5, 0.6) is 0 Å². The minimum Gasteiger partial charge on any atom is -0.303 e. The van der Waals surface area contributed by atoms with E-state index in [1.807, 2.05) is 54.6 Å². The molecule has 0 aliphatic heterocycles. The van der Waals surface area contributed by atoms with Crippen LogP contribution in [0.2, 0.25) is 0 Å². The van der Waals surface area contributed by atoms with Gasteiger partial charge in [-0.05, 0) is 11.1 Å².